The Bertz CT molecular complexity index is 590. The molecule has 0 unspecified atom stereocenters. The van der Waals surface area contributed by atoms with Gasteiger partial charge in [0.15, 0.2) is 11.6 Å². The van der Waals surface area contributed by atoms with E-state index >= 15 is 0 Å². The summed E-state index contributed by atoms with van der Waals surface area (Å²) in [5.74, 6) is 0.411. The van der Waals surface area contributed by atoms with Gasteiger partial charge >= 0.3 is 0 Å². The van der Waals surface area contributed by atoms with E-state index in [9.17, 15) is 4.39 Å². The van der Waals surface area contributed by atoms with Gasteiger partial charge in [-0.05, 0) is 32.2 Å². The maximum Gasteiger partial charge on any atom is 0.166 e. The van der Waals surface area contributed by atoms with Crippen LogP contribution < -0.4 is 10.1 Å². The molecule has 0 spiro atoms. The number of rotatable bonds is 4. The zero-order valence-corrected chi connectivity index (χ0v) is 12.3. The van der Waals surface area contributed by atoms with E-state index in [1.54, 1.807) is 24.4 Å². The highest BCUT2D eigenvalue weighted by atomic mass is 79.9. The topological polar surface area (TPSA) is 34.2 Å². The zero-order valence-electron chi connectivity index (χ0n) is 10.7. The molecule has 0 radical (unpaired) electrons. The van der Waals surface area contributed by atoms with Gasteiger partial charge in [0.2, 0.25) is 0 Å². The van der Waals surface area contributed by atoms with Crippen molar-refractivity contribution in [2.75, 3.05) is 7.05 Å². The zero-order chi connectivity index (χ0) is 13.8. The first kappa shape index (κ1) is 14.0. The van der Waals surface area contributed by atoms with Gasteiger partial charge in [-0.1, -0.05) is 15.9 Å². The molecule has 100 valence electrons. The van der Waals surface area contributed by atoms with Crippen molar-refractivity contribution in [1.82, 2.24) is 10.3 Å². The maximum atomic E-state index is 13.8. The van der Waals surface area contributed by atoms with Crippen molar-refractivity contribution in [3.05, 3.63) is 52.0 Å². The number of benzene rings is 1. The first-order valence-corrected chi connectivity index (χ1v) is 6.62. The Hall–Kier alpha value is -1.46. The number of aryl methyl sites for hydroxylation is 1. The van der Waals surface area contributed by atoms with Gasteiger partial charge in [0, 0.05) is 34.5 Å². The lowest BCUT2D eigenvalue weighted by Gasteiger charge is -2.12. The van der Waals surface area contributed by atoms with E-state index in [1.807, 2.05) is 14.0 Å². The number of nitrogens with one attached hydrogen (secondary N) is 1. The fourth-order valence-electron chi connectivity index (χ4n) is 1.66. The van der Waals surface area contributed by atoms with Crippen LogP contribution in [-0.4, -0.2) is 12.0 Å². The molecule has 0 bridgehead atoms. The predicted octanol–water partition coefficient (Wildman–Crippen LogP) is 3.80. The standard InChI is InChI=1S/C14H14BrFN2O/c1-9-5-14(10(7-17-2)8-18-9)19-13-4-3-11(15)6-12(13)16/h3-6,8,17H,7H2,1-2H3. The summed E-state index contributed by atoms with van der Waals surface area (Å²) in [4.78, 5) is 4.22. The number of aromatic nitrogens is 1. The first-order chi connectivity index (χ1) is 9.10. The second-order valence-electron chi connectivity index (χ2n) is 4.14. The third kappa shape index (κ3) is 3.52. The van der Waals surface area contributed by atoms with Gasteiger partial charge in [0.05, 0.1) is 0 Å². The summed E-state index contributed by atoms with van der Waals surface area (Å²) in [6, 6.07) is 6.51. The second-order valence-corrected chi connectivity index (χ2v) is 5.06. The Morgan fingerprint density at radius 3 is 2.79 bits per heavy atom. The van der Waals surface area contributed by atoms with Crippen LogP contribution in [0.3, 0.4) is 0 Å². The van der Waals surface area contributed by atoms with Gasteiger partial charge in [0.1, 0.15) is 5.75 Å². The van der Waals surface area contributed by atoms with Gasteiger partial charge in [0.25, 0.3) is 0 Å². The number of halogens is 2. The summed E-state index contributed by atoms with van der Waals surface area (Å²) in [7, 11) is 1.84. The average molecular weight is 325 g/mol. The fourth-order valence-corrected chi connectivity index (χ4v) is 1.99. The van der Waals surface area contributed by atoms with Crippen LogP contribution in [0.25, 0.3) is 0 Å². The van der Waals surface area contributed by atoms with Crippen LogP contribution in [0.5, 0.6) is 11.5 Å². The Morgan fingerprint density at radius 2 is 2.11 bits per heavy atom. The van der Waals surface area contributed by atoms with Crippen LogP contribution >= 0.6 is 15.9 Å². The molecule has 3 nitrogen and oxygen atoms in total. The Balaban J connectivity index is 2.33. The number of nitrogens with zero attached hydrogens (tertiary/aromatic N) is 1. The van der Waals surface area contributed by atoms with Crippen molar-refractivity contribution in [2.24, 2.45) is 0 Å². The molecule has 0 aliphatic heterocycles. The van der Waals surface area contributed by atoms with E-state index in [2.05, 4.69) is 26.2 Å². The lowest BCUT2D eigenvalue weighted by atomic mass is 10.2. The normalized spacial score (nSPS) is 10.5. The van der Waals surface area contributed by atoms with Gasteiger partial charge in [-0.15, -0.1) is 0 Å². The molecule has 2 rings (SSSR count). The average Bonchev–Trinajstić information content (AvgIpc) is 2.36. The van der Waals surface area contributed by atoms with Gasteiger partial charge in [-0.25, -0.2) is 4.39 Å². The number of hydrogen-bond acceptors (Lipinski definition) is 3. The van der Waals surface area contributed by atoms with Gasteiger partial charge < -0.3 is 10.1 Å². The quantitative estimate of drug-likeness (QED) is 0.928. The third-order valence-electron chi connectivity index (χ3n) is 2.56. The molecule has 0 fully saturated rings. The first-order valence-electron chi connectivity index (χ1n) is 5.83. The van der Waals surface area contributed by atoms with E-state index < -0.39 is 5.82 Å². The number of pyridine rings is 1. The second kappa shape index (κ2) is 6.12. The number of ether oxygens (including phenoxy) is 1. The summed E-state index contributed by atoms with van der Waals surface area (Å²) in [6.07, 6.45) is 1.73. The molecular weight excluding hydrogens is 311 g/mol. The molecule has 0 saturated heterocycles. The minimum Gasteiger partial charge on any atom is -0.454 e. The minimum absolute atomic E-state index is 0.200. The molecule has 1 heterocycles. The summed E-state index contributed by atoms with van der Waals surface area (Å²) in [5.41, 5.74) is 1.71. The lowest BCUT2D eigenvalue weighted by molar-refractivity contribution is 0.435. The monoisotopic (exact) mass is 324 g/mol. The van der Waals surface area contributed by atoms with Crippen LogP contribution in [0, 0.1) is 12.7 Å². The smallest absolute Gasteiger partial charge is 0.166 e. The molecule has 1 N–H and O–H groups in total. The molecule has 0 saturated carbocycles. The van der Waals surface area contributed by atoms with Crippen LogP contribution in [0.1, 0.15) is 11.3 Å². The molecule has 2 aromatic rings. The summed E-state index contributed by atoms with van der Waals surface area (Å²) >= 11 is 3.22. The van der Waals surface area contributed by atoms with Crippen LogP contribution in [0.2, 0.25) is 0 Å². The third-order valence-corrected chi connectivity index (χ3v) is 3.05. The summed E-state index contributed by atoms with van der Waals surface area (Å²) in [6.45, 7) is 2.48. The van der Waals surface area contributed by atoms with Crippen molar-refractivity contribution < 1.29 is 9.13 Å². The summed E-state index contributed by atoms with van der Waals surface area (Å²) in [5, 5.41) is 3.03. The summed E-state index contributed by atoms with van der Waals surface area (Å²) < 4.78 is 20.1. The lowest BCUT2D eigenvalue weighted by Crippen LogP contribution is -2.07. The van der Waals surface area contributed by atoms with Crippen LogP contribution in [-0.2, 0) is 6.54 Å². The van der Waals surface area contributed by atoms with Crippen molar-refractivity contribution in [3.8, 4) is 11.5 Å². The Labute approximate surface area is 119 Å². The Kier molecular flexibility index (Phi) is 4.50. The van der Waals surface area contributed by atoms with E-state index in [0.29, 0.717) is 16.8 Å². The highest BCUT2D eigenvalue weighted by Crippen LogP contribution is 2.29. The van der Waals surface area contributed by atoms with Crippen molar-refractivity contribution >= 4 is 15.9 Å². The maximum absolute atomic E-state index is 13.8. The highest BCUT2D eigenvalue weighted by molar-refractivity contribution is 9.10. The molecule has 0 amide bonds. The largest absolute Gasteiger partial charge is 0.454 e. The van der Waals surface area contributed by atoms with Crippen LogP contribution in [0.15, 0.2) is 34.9 Å². The van der Waals surface area contributed by atoms with Crippen molar-refractivity contribution in [3.63, 3.8) is 0 Å². The highest BCUT2D eigenvalue weighted by Gasteiger charge is 2.09. The van der Waals surface area contributed by atoms with Crippen LogP contribution in [0.4, 0.5) is 4.39 Å². The predicted molar refractivity (Wildman–Crippen MR) is 75.9 cm³/mol. The molecular formula is C14H14BrFN2O. The molecule has 19 heavy (non-hydrogen) atoms. The molecule has 0 atom stereocenters. The van der Waals surface area contributed by atoms with Gasteiger partial charge in [-0.2, -0.15) is 0 Å². The SMILES string of the molecule is CNCc1cnc(C)cc1Oc1ccc(Br)cc1F. The Morgan fingerprint density at radius 1 is 1.32 bits per heavy atom. The number of hydrogen-bond donors (Lipinski definition) is 1. The van der Waals surface area contributed by atoms with E-state index in [0.717, 1.165) is 11.3 Å². The molecule has 1 aromatic carbocycles. The van der Waals surface area contributed by atoms with Gasteiger partial charge in [-0.3, -0.25) is 4.98 Å². The molecule has 0 aliphatic carbocycles. The van der Waals surface area contributed by atoms with E-state index in [4.69, 9.17) is 4.74 Å². The van der Waals surface area contributed by atoms with E-state index in [-0.39, 0.29) is 5.75 Å². The van der Waals surface area contributed by atoms with Crippen molar-refractivity contribution in [2.45, 2.75) is 13.5 Å². The van der Waals surface area contributed by atoms with Crippen molar-refractivity contribution in [1.29, 1.82) is 0 Å². The van der Waals surface area contributed by atoms with E-state index in [1.165, 1.54) is 6.07 Å². The molecule has 5 heteroatoms. The minimum atomic E-state index is -0.403. The molecule has 0 aliphatic rings. The fraction of sp³-hybridized carbons (Fsp3) is 0.214. The molecule has 1 aromatic heterocycles.